The summed E-state index contributed by atoms with van der Waals surface area (Å²) in [6.07, 6.45) is 2.55. The van der Waals surface area contributed by atoms with E-state index in [9.17, 15) is 0 Å². The summed E-state index contributed by atoms with van der Waals surface area (Å²) in [4.78, 5) is 6.93. The monoisotopic (exact) mass is 383 g/mol. The van der Waals surface area contributed by atoms with Crippen molar-refractivity contribution < 1.29 is 4.52 Å². The number of aromatic nitrogens is 1. The number of likely N-dealkylation sites (tertiary alicyclic amines) is 1. The molecule has 1 aliphatic rings. The molecule has 0 amide bonds. The van der Waals surface area contributed by atoms with Crippen molar-refractivity contribution in [1.82, 2.24) is 20.7 Å². The molecule has 1 unspecified atom stereocenters. The molecule has 2 aromatic rings. The highest BCUT2D eigenvalue weighted by Gasteiger charge is 2.23. The third-order valence-electron chi connectivity index (χ3n) is 5.33. The number of nitrogens with zero attached hydrogens (tertiary/aromatic N) is 3. The van der Waals surface area contributed by atoms with Crippen LogP contribution in [0.5, 0.6) is 0 Å². The van der Waals surface area contributed by atoms with Gasteiger partial charge in [-0.25, -0.2) is 0 Å². The molecule has 3 rings (SSSR count). The van der Waals surface area contributed by atoms with Crippen LogP contribution < -0.4 is 10.6 Å². The maximum atomic E-state index is 5.40. The molecule has 1 atom stereocenters. The van der Waals surface area contributed by atoms with Crippen LogP contribution >= 0.6 is 0 Å². The van der Waals surface area contributed by atoms with Crippen LogP contribution in [0.3, 0.4) is 0 Å². The van der Waals surface area contributed by atoms with E-state index < -0.39 is 0 Å². The zero-order chi connectivity index (χ0) is 19.9. The maximum absolute atomic E-state index is 5.40. The van der Waals surface area contributed by atoms with Crippen molar-refractivity contribution in [1.29, 1.82) is 0 Å². The quantitative estimate of drug-likeness (QED) is 0.565. The van der Waals surface area contributed by atoms with Crippen molar-refractivity contribution in [2.75, 3.05) is 26.7 Å². The van der Waals surface area contributed by atoms with Crippen molar-refractivity contribution in [3.8, 4) is 0 Å². The van der Waals surface area contributed by atoms with Crippen molar-refractivity contribution in [3.05, 3.63) is 52.9 Å². The second-order valence-corrected chi connectivity index (χ2v) is 7.85. The van der Waals surface area contributed by atoms with Crippen LogP contribution in [0.2, 0.25) is 0 Å². The Kier molecular flexibility index (Phi) is 7.09. The zero-order valence-electron chi connectivity index (χ0n) is 17.5. The van der Waals surface area contributed by atoms with Gasteiger partial charge in [0, 0.05) is 19.7 Å². The molecule has 1 aromatic heterocycles. The minimum Gasteiger partial charge on any atom is -0.359 e. The third-order valence-corrected chi connectivity index (χ3v) is 5.33. The molecular weight excluding hydrogens is 350 g/mol. The van der Waals surface area contributed by atoms with Gasteiger partial charge in [-0.05, 0) is 44.3 Å². The summed E-state index contributed by atoms with van der Waals surface area (Å²) >= 11 is 0. The van der Waals surface area contributed by atoms with Crippen molar-refractivity contribution in [2.24, 2.45) is 4.99 Å². The Balaban J connectivity index is 1.59. The number of aliphatic imine (C=N–C) groups is 1. The van der Waals surface area contributed by atoms with Gasteiger partial charge in [-0.1, -0.05) is 48.8 Å². The lowest BCUT2D eigenvalue weighted by Gasteiger charge is -2.29. The predicted molar refractivity (Wildman–Crippen MR) is 114 cm³/mol. The summed E-state index contributed by atoms with van der Waals surface area (Å²) in [5.41, 5.74) is 3.63. The van der Waals surface area contributed by atoms with Crippen molar-refractivity contribution in [3.63, 3.8) is 0 Å². The summed E-state index contributed by atoms with van der Waals surface area (Å²) in [7, 11) is 1.80. The summed E-state index contributed by atoms with van der Waals surface area (Å²) < 4.78 is 5.40. The number of aryl methyl sites for hydroxylation is 1. The summed E-state index contributed by atoms with van der Waals surface area (Å²) in [6, 6.07) is 11.2. The van der Waals surface area contributed by atoms with Gasteiger partial charge < -0.3 is 15.2 Å². The second kappa shape index (κ2) is 9.73. The van der Waals surface area contributed by atoms with Crippen LogP contribution in [0, 0.1) is 6.92 Å². The Morgan fingerprint density at radius 3 is 2.50 bits per heavy atom. The number of hydrogen-bond acceptors (Lipinski definition) is 4. The van der Waals surface area contributed by atoms with E-state index in [1.165, 1.54) is 24.0 Å². The topological polar surface area (TPSA) is 65.7 Å². The highest BCUT2D eigenvalue weighted by molar-refractivity contribution is 5.79. The van der Waals surface area contributed by atoms with E-state index in [4.69, 9.17) is 4.52 Å². The Hall–Kier alpha value is -2.34. The molecule has 0 bridgehead atoms. The first kappa shape index (κ1) is 20.4. The van der Waals surface area contributed by atoms with Crippen LogP contribution in [-0.4, -0.2) is 42.7 Å². The molecule has 1 saturated heterocycles. The Bertz CT molecular complexity index is 759. The fraction of sp³-hybridized carbons (Fsp3) is 0.545. The molecule has 6 heteroatoms. The number of hydrogen-bond donors (Lipinski definition) is 2. The van der Waals surface area contributed by atoms with Crippen LogP contribution in [-0.2, 0) is 6.54 Å². The summed E-state index contributed by atoms with van der Waals surface area (Å²) in [5, 5.41) is 10.9. The first-order chi connectivity index (χ1) is 13.6. The van der Waals surface area contributed by atoms with Crippen LogP contribution in [0.15, 0.2) is 39.8 Å². The van der Waals surface area contributed by atoms with Gasteiger partial charge in [0.1, 0.15) is 0 Å². The predicted octanol–water partition coefficient (Wildman–Crippen LogP) is 3.61. The molecule has 1 aromatic carbocycles. The van der Waals surface area contributed by atoms with Crippen molar-refractivity contribution in [2.45, 2.75) is 52.1 Å². The zero-order valence-corrected chi connectivity index (χ0v) is 17.5. The lowest BCUT2D eigenvalue weighted by atomic mass is 10.0. The first-order valence-electron chi connectivity index (χ1n) is 10.3. The molecule has 0 radical (unpaired) electrons. The fourth-order valence-electron chi connectivity index (χ4n) is 3.57. The highest BCUT2D eigenvalue weighted by Crippen LogP contribution is 2.25. The van der Waals surface area contributed by atoms with Crippen LogP contribution in [0.1, 0.15) is 61.2 Å². The normalized spacial score (nSPS) is 16.5. The van der Waals surface area contributed by atoms with Crippen LogP contribution in [0.4, 0.5) is 0 Å². The lowest BCUT2D eigenvalue weighted by Crippen LogP contribution is -2.42. The second-order valence-electron chi connectivity index (χ2n) is 7.85. The summed E-state index contributed by atoms with van der Waals surface area (Å²) in [5.74, 6) is 1.96. The van der Waals surface area contributed by atoms with Gasteiger partial charge in [0.15, 0.2) is 11.7 Å². The van der Waals surface area contributed by atoms with Gasteiger partial charge in [0.2, 0.25) is 0 Å². The van der Waals surface area contributed by atoms with E-state index in [2.05, 4.69) is 70.7 Å². The van der Waals surface area contributed by atoms with Gasteiger partial charge in [0.05, 0.1) is 18.3 Å². The molecule has 1 fully saturated rings. The minimum absolute atomic E-state index is 0.347. The molecule has 0 aliphatic carbocycles. The van der Waals surface area contributed by atoms with E-state index >= 15 is 0 Å². The molecule has 0 spiro atoms. The minimum atomic E-state index is 0.347. The molecular formula is C22H33N5O. The van der Waals surface area contributed by atoms with Gasteiger partial charge in [-0.15, -0.1) is 0 Å². The van der Waals surface area contributed by atoms with Gasteiger partial charge >= 0.3 is 0 Å². The molecule has 6 nitrogen and oxygen atoms in total. The molecule has 152 valence electrons. The van der Waals surface area contributed by atoms with E-state index in [1.54, 1.807) is 7.05 Å². The number of rotatable bonds is 7. The molecule has 2 N–H and O–H groups in total. The Labute approximate surface area is 168 Å². The standard InChI is InChI=1S/C22H33N5O/c1-16(2)20-13-19(28-26-20)14-24-22(23-4)25-15-21(27-11-5-6-12-27)18-9-7-17(3)8-10-18/h7-10,13,16,21H,5-6,11-12,14-15H2,1-4H3,(H2,23,24,25). The van der Waals surface area contributed by atoms with E-state index in [0.717, 1.165) is 37.0 Å². The van der Waals surface area contributed by atoms with Gasteiger partial charge in [0.25, 0.3) is 0 Å². The van der Waals surface area contributed by atoms with Crippen molar-refractivity contribution >= 4 is 5.96 Å². The highest BCUT2D eigenvalue weighted by atomic mass is 16.5. The number of benzene rings is 1. The van der Waals surface area contributed by atoms with E-state index in [-0.39, 0.29) is 0 Å². The van der Waals surface area contributed by atoms with Crippen LogP contribution in [0.25, 0.3) is 0 Å². The molecule has 28 heavy (non-hydrogen) atoms. The SMILES string of the molecule is CN=C(NCc1cc(C(C)C)no1)NCC(c1ccc(C)cc1)N1CCCC1. The third kappa shape index (κ3) is 5.35. The Morgan fingerprint density at radius 1 is 1.18 bits per heavy atom. The average molecular weight is 384 g/mol. The van der Waals surface area contributed by atoms with Gasteiger partial charge in [-0.2, -0.15) is 0 Å². The number of guanidine groups is 1. The van der Waals surface area contributed by atoms with E-state index in [0.29, 0.717) is 18.5 Å². The fourth-order valence-corrected chi connectivity index (χ4v) is 3.57. The van der Waals surface area contributed by atoms with Gasteiger partial charge in [-0.3, -0.25) is 9.89 Å². The molecule has 2 heterocycles. The van der Waals surface area contributed by atoms with E-state index in [1.807, 2.05) is 6.07 Å². The summed E-state index contributed by atoms with van der Waals surface area (Å²) in [6.45, 7) is 10.0. The molecule has 0 saturated carbocycles. The average Bonchev–Trinajstić information content (AvgIpc) is 3.38. The maximum Gasteiger partial charge on any atom is 0.191 e. The number of nitrogens with one attached hydrogen (secondary N) is 2. The first-order valence-corrected chi connectivity index (χ1v) is 10.3. The Morgan fingerprint density at radius 2 is 1.89 bits per heavy atom. The molecule has 1 aliphatic heterocycles. The smallest absolute Gasteiger partial charge is 0.191 e. The largest absolute Gasteiger partial charge is 0.359 e. The lowest BCUT2D eigenvalue weighted by molar-refractivity contribution is 0.245.